The molecule has 2 aliphatic rings. The summed E-state index contributed by atoms with van der Waals surface area (Å²) in [6, 6.07) is -0.194. The minimum Gasteiger partial charge on any atom is -0.456 e. The number of nitrogens with one attached hydrogen (secondary N) is 1. The summed E-state index contributed by atoms with van der Waals surface area (Å²) in [4.78, 5) is 23.5. The zero-order valence-electron chi connectivity index (χ0n) is 12.4. The smallest absolute Gasteiger partial charge is 0.408 e. The van der Waals surface area contributed by atoms with Crippen LogP contribution in [0.5, 0.6) is 0 Å². The molecular weight excluding hydrogens is 258 g/mol. The molecule has 1 saturated carbocycles. The second kappa shape index (κ2) is 5.46. The van der Waals surface area contributed by atoms with E-state index in [1.807, 2.05) is 20.8 Å². The Kier molecular flexibility index (Phi) is 4.06. The van der Waals surface area contributed by atoms with Crippen molar-refractivity contribution >= 4 is 12.1 Å². The molecule has 1 aliphatic heterocycles. The summed E-state index contributed by atoms with van der Waals surface area (Å²) < 4.78 is 10.7. The van der Waals surface area contributed by atoms with E-state index >= 15 is 0 Å². The highest BCUT2D eigenvalue weighted by molar-refractivity contribution is 5.91. The molecule has 5 nitrogen and oxygen atoms in total. The van der Waals surface area contributed by atoms with E-state index in [1.165, 1.54) is 0 Å². The molecule has 3 atom stereocenters. The Balaban J connectivity index is 2.04. The lowest BCUT2D eigenvalue weighted by atomic mass is 9.91. The average Bonchev–Trinajstić information content (AvgIpc) is 2.47. The van der Waals surface area contributed by atoms with E-state index in [1.54, 1.807) is 0 Å². The highest BCUT2D eigenvalue weighted by Crippen LogP contribution is 2.36. The number of rotatable bonds is 1. The lowest BCUT2D eigenvalue weighted by Gasteiger charge is -2.27. The van der Waals surface area contributed by atoms with Gasteiger partial charge in [-0.15, -0.1) is 0 Å². The summed E-state index contributed by atoms with van der Waals surface area (Å²) in [5, 5.41) is 2.85. The van der Waals surface area contributed by atoms with Gasteiger partial charge in [0.1, 0.15) is 11.7 Å². The van der Waals surface area contributed by atoms with Gasteiger partial charge in [0.15, 0.2) is 0 Å². The van der Waals surface area contributed by atoms with Gasteiger partial charge >= 0.3 is 12.1 Å². The van der Waals surface area contributed by atoms with Crippen molar-refractivity contribution in [3.8, 4) is 0 Å². The highest BCUT2D eigenvalue weighted by atomic mass is 16.6. The largest absolute Gasteiger partial charge is 0.456 e. The molecule has 0 radical (unpaired) electrons. The first-order chi connectivity index (χ1) is 9.28. The molecule has 5 heteroatoms. The van der Waals surface area contributed by atoms with Crippen molar-refractivity contribution in [2.75, 3.05) is 0 Å². The zero-order valence-corrected chi connectivity index (χ0v) is 12.4. The number of hydrogen-bond donors (Lipinski definition) is 1. The monoisotopic (exact) mass is 281 g/mol. The molecule has 0 aromatic carbocycles. The van der Waals surface area contributed by atoms with Crippen LogP contribution in [0.25, 0.3) is 0 Å². The van der Waals surface area contributed by atoms with Crippen molar-refractivity contribution in [3.05, 3.63) is 12.2 Å². The number of alkyl carbamates (subject to hydrolysis) is 1. The number of hydrogen-bond acceptors (Lipinski definition) is 4. The van der Waals surface area contributed by atoms with Crippen LogP contribution in [0, 0.1) is 5.92 Å². The molecule has 1 heterocycles. The van der Waals surface area contributed by atoms with Gasteiger partial charge in [-0.05, 0) is 33.6 Å². The lowest BCUT2D eigenvalue weighted by molar-refractivity contribution is -0.140. The van der Waals surface area contributed by atoms with E-state index < -0.39 is 11.7 Å². The maximum absolute atomic E-state index is 11.9. The summed E-state index contributed by atoms with van der Waals surface area (Å²) in [6.07, 6.45) is 2.94. The van der Waals surface area contributed by atoms with Crippen molar-refractivity contribution in [2.24, 2.45) is 5.92 Å². The Labute approximate surface area is 119 Å². The fraction of sp³-hybridized carbons (Fsp3) is 0.733. The van der Waals surface area contributed by atoms with Crippen molar-refractivity contribution in [1.29, 1.82) is 0 Å². The van der Waals surface area contributed by atoms with Crippen molar-refractivity contribution in [2.45, 2.75) is 64.2 Å². The lowest BCUT2D eigenvalue weighted by Crippen LogP contribution is -2.46. The predicted octanol–water partition coefficient (Wildman–Crippen LogP) is 2.55. The number of esters is 1. The molecular formula is C15H23NO4. The summed E-state index contributed by atoms with van der Waals surface area (Å²) in [7, 11) is 0. The molecule has 1 N–H and O–H groups in total. The van der Waals surface area contributed by atoms with E-state index in [-0.39, 0.29) is 24.0 Å². The minimum absolute atomic E-state index is 0.0185. The summed E-state index contributed by atoms with van der Waals surface area (Å²) >= 11 is 0. The standard InChI is InChI=1S/C15H23NO4/c1-9-10-7-5-6-8-11(12(10)19-13(9)17)16-14(18)20-15(2,3)4/h10-12H,1,5-8H2,2-4H3,(H,16,18). The molecule has 0 spiro atoms. The van der Waals surface area contributed by atoms with Crippen LogP contribution < -0.4 is 5.32 Å². The first-order valence-electron chi connectivity index (χ1n) is 7.17. The third-order valence-corrected chi connectivity index (χ3v) is 3.73. The zero-order chi connectivity index (χ0) is 14.9. The fourth-order valence-corrected chi connectivity index (χ4v) is 2.84. The molecule has 0 aromatic heterocycles. The van der Waals surface area contributed by atoms with E-state index in [0.29, 0.717) is 5.57 Å². The molecule has 2 fully saturated rings. The molecule has 2 rings (SSSR count). The van der Waals surface area contributed by atoms with Crippen LogP contribution in [0.1, 0.15) is 46.5 Å². The van der Waals surface area contributed by atoms with E-state index in [0.717, 1.165) is 25.7 Å². The first-order valence-corrected chi connectivity index (χ1v) is 7.17. The number of carbonyl (C=O) groups is 2. The molecule has 0 bridgehead atoms. The Morgan fingerprint density at radius 2 is 2.00 bits per heavy atom. The van der Waals surface area contributed by atoms with Gasteiger partial charge in [0.2, 0.25) is 0 Å². The average molecular weight is 281 g/mol. The highest BCUT2D eigenvalue weighted by Gasteiger charge is 2.44. The van der Waals surface area contributed by atoms with Crippen molar-refractivity contribution in [1.82, 2.24) is 5.32 Å². The van der Waals surface area contributed by atoms with Gasteiger partial charge in [0.25, 0.3) is 0 Å². The van der Waals surface area contributed by atoms with Gasteiger partial charge in [0.05, 0.1) is 6.04 Å². The topological polar surface area (TPSA) is 64.6 Å². The third-order valence-electron chi connectivity index (χ3n) is 3.73. The van der Waals surface area contributed by atoms with Crippen molar-refractivity contribution in [3.63, 3.8) is 0 Å². The minimum atomic E-state index is -0.538. The van der Waals surface area contributed by atoms with E-state index in [2.05, 4.69) is 11.9 Å². The Morgan fingerprint density at radius 1 is 1.35 bits per heavy atom. The van der Waals surface area contributed by atoms with Crippen LogP contribution in [0.3, 0.4) is 0 Å². The van der Waals surface area contributed by atoms with Crippen LogP contribution in [0.2, 0.25) is 0 Å². The molecule has 1 saturated heterocycles. The quantitative estimate of drug-likeness (QED) is 0.592. The van der Waals surface area contributed by atoms with Crippen LogP contribution in [0.4, 0.5) is 4.79 Å². The number of amides is 1. The second-order valence-corrected chi connectivity index (χ2v) is 6.54. The van der Waals surface area contributed by atoms with Crippen LogP contribution >= 0.6 is 0 Å². The van der Waals surface area contributed by atoms with Crippen LogP contribution in [0.15, 0.2) is 12.2 Å². The van der Waals surface area contributed by atoms with E-state index in [9.17, 15) is 9.59 Å². The van der Waals surface area contributed by atoms with Crippen LogP contribution in [-0.2, 0) is 14.3 Å². The molecule has 0 aromatic rings. The van der Waals surface area contributed by atoms with Gasteiger partial charge in [-0.3, -0.25) is 0 Å². The Bertz CT molecular complexity index is 424. The maximum atomic E-state index is 11.9. The first kappa shape index (κ1) is 14.9. The summed E-state index contributed by atoms with van der Waals surface area (Å²) in [5.41, 5.74) is -0.00245. The number of ether oxygens (including phenoxy) is 2. The Hall–Kier alpha value is -1.52. The second-order valence-electron chi connectivity index (χ2n) is 6.54. The number of fused-ring (bicyclic) bond motifs is 1. The number of carbonyl (C=O) groups excluding carboxylic acids is 2. The summed E-state index contributed by atoms with van der Waals surface area (Å²) in [5.74, 6) is -0.317. The normalized spacial score (nSPS) is 30.2. The van der Waals surface area contributed by atoms with E-state index in [4.69, 9.17) is 9.47 Å². The Morgan fingerprint density at radius 3 is 2.65 bits per heavy atom. The van der Waals surface area contributed by atoms with Gasteiger partial charge in [0, 0.05) is 11.5 Å². The fourth-order valence-electron chi connectivity index (χ4n) is 2.84. The van der Waals surface area contributed by atoms with Gasteiger partial charge in [-0.2, -0.15) is 0 Å². The van der Waals surface area contributed by atoms with Gasteiger partial charge in [-0.25, -0.2) is 9.59 Å². The maximum Gasteiger partial charge on any atom is 0.408 e. The van der Waals surface area contributed by atoms with Crippen LogP contribution in [-0.4, -0.2) is 29.8 Å². The summed E-state index contributed by atoms with van der Waals surface area (Å²) in [6.45, 7) is 9.27. The van der Waals surface area contributed by atoms with Gasteiger partial charge < -0.3 is 14.8 Å². The molecule has 1 aliphatic carbocycles. The molecule has 3 unspecified atom stereocenters. The third kappa shape index (κ3) is 3.32. The molecule has 1 amide bonds. The van der Waals surface area contributed by atoms with Crippen molar-refractivity contribution < 1.29 is 19.1 Å². The van der Waals surface area contributed by atoms with Gasteiger partial charge in [-0.1, -0.05) is 19.4 Å². The predicted molar refractivity (Wildman–Crippen MR) is 74.1 cm³/mol. The SMILES string of the molecule is C=C1C(=O)OC2C(NC(=O)OC(C)(C)C)CCCCC12. The molecule has 112 valence electrons. The molecule has 20 heavy (non-hydrogen) atoms.